The topological polar surface area (TPSA) is 51.6 Å². The van der Waals surface area contributed by atoms with E-state index in [2.05, 4.69) is 4.98 Å². The Balaban J connectivity index is 2.24. The largest absolute Gasteiger partial charge is 0.497 e. The molecule has 1 heterocycles. The van der Waals surface area contributed by atoms with Crippen LogP contribution in [0, 0.1) is 0 Å². The number of aliphatic hydroxyl groups excluding tert-OH is 1. The fourth-order valence-corrected chi connectivity index (χ4v) is 1.93. The molecule has 0 fully saturated rings. The number of rotatable bonds is 5. The molecule has 1 atom stereocenters. The Morgan fingerprint density at radius 1 is 1.16 bits per heavy atom. The first-order valence-electron chi connectivity index (χ1n) is 6.04. The third kappa shape index (κ3) is 3.23. The summed E-state index contributed by atoms with van der Waals surface area (Å²) in [5.74, 6) is 1.33. The van der Waals surface area contributed by atoms with Crippen LogP contribution in [0.25, 0.3) is 0 Å². The van der Waals surface area contributed by atoms with Crippen LogP contribution in [-0.4, -0.2) is 24.3 Å². The molecule has 0 saturated carbocycles. The van der Waals surface area contributed by atoms with E-state index in [0.717, 1.165) is 5.69 Å². The number of aromatic nitrogens is 1. The Bertz CT molecular complexity index is 528. The molecule has 0 aliphatic rings. The van der Waals surface area contributed by atoms with Gasteiger partial charge in [0.1, 0.15) is 11.5 Å². The molecule has 0 saturated heterocycles. The predicted octanol–water partition coefficient (Wildman–Crippen LogP) is 2.37. The molecule has 2 rings (SSSR count). The molecule has 4 nitrogen and oxygen atoms in total. The number of nitrogens with zero attached hydrogens (tertiary/aromatic N) is 1. The molecule has 1 unspecified atom stereocenters. The lowest BCUT2D eigenvalue weighted by molar-refractivity contribution is 0.172. The second kappa shape index (κ2) is 6.20. The van der Waals surface area contributed by atoms with Crippen LogP contribution in [0.4, 0.5) is 0 Å². The number of pyridine rings is 1. The van der Waals surface area contributed by atoms with Gasteiger partial charge in [-0.3, -0.25) is 4.98 Å². The maximum Gasteiger partial charge on any atom is 0.124 e. The van der Waals surface area contributed by atoms with E-state index >= 15 is 0 Å². The van der Waals surface area contributed by atoms with E-state index in [4.69, 9.17) is 9.47 Å². The summed E-state index contributed by atoms with van der Waals surface area (Å²) in [6.07, 6.45) is 1.47. The van der Waals surface area contributed by atoms with Gasteiger partial charge in [-0.1, -0.05) is 6.07 Å². The molecule has 100 valence electrons. The maximum atomic E-state index is 10.3. The van der Waals surface area contributed by atoms with Crippen LogP contribution in [0.2, 0.25) is 0 Å². The Hall–Kier alpha value is -2.07. The molecule has 1 aromatic heterocycles. The lowest BCUT2D eigenvalue weighted by atomic mass is 10.0. The number of hydrogen-bond donors (Lipinski definition) is 1. The van der Waals surface area contributed by atoms with Crippen molar-refractivity contribution in [3.05, 3.63) is 53.9 Å². The molecule has 0 bridgehead atoms. The van der Waals surface area contributed by atoms with Gasteiger partial charge in [0, 0.05) is 23.9 Å². The Morgan fingerprint density at radius 3 is 2.63 bits per heavy atom. The van der Waals surface area contributed by atoms with Crippen LogP contribution in [0.5, 0.6) is 11.5 Å². The van der Waals surface area contributed by atoms with Gasteiger partial charge >= 0.3 is 0 Å². The molecule has 1 N–H and O–H groups in total. The third-order valence-corrected chi connectivity index (χ3v) is 2.92. The molecule has 4 heteroatoms. The molecule has 0 amide bonds. The number of aliphatic hydroxyl groups is 1. The zero-order valence-electron chi connectivity index (χ0n) is 11.0. The van der Waals surface area contributed by atoms with Crippen molar-refractivity contribution in [1.29, 1.82) is 0 Å². The highest BCUT2D eigenvalue weighted by Gasteiger charge is 2.15. The summed E-state index contributed by atoms with van der Waals surface area (Å²) < 4.78 is 10.4. The Labute approximate surface area is 112 Å². The van der Waals surface area contributed by atoms with Crippen molar-refractivity contribution in [2.24, 2.45) is 0 Å². The summed E-state index contributed by atoms with van der Waals surface area (Å²) in [6.45, 7) is 0. The fourth-order valence-electron chi connectivity index (χ4n) is 1.93. The van der Waals surface area contributed by atoms with Crippen LogP contribution in [-0.2, 0) is 6.42 Å². The molecule has 2 aromatic rings. The molecule has 1 aromatic carbocycles. The first-order valence-corrected chi connectivity index (χ1v) is 6.04. The first-order chi connectivity index (χ1) is 9.24. The smallest absolute Gasteiger partial charge is 0.124 e. The Kier molecular flexibility index (Phi) is 4.36. The van der Waals surface area contributed by atoms with Gasteiger partial charge in [0.2, 0.25) is 0 Å². The number of benzene rings is 1. The van der Waals surface area contributed by atoms with E-state index in [1.165, 1.54) is 0 Å². The van der Waals surface area contributed by atoms with E-state index in [0.29, 0.717) is 23.5 Å². The minimum Gasteiger partial charge on any atom is -0.497 e. The van der Waals surface area contributed by atoms with E-state index in [9.17, 15) is 5.11 Å². The fraction of sp³-hybridized carbons (Fsp3) is 0.267. The SMILES string of the molecule is COc1ccc(OC)c(C(O)Cc2ccccn2)c1. The van der Waals surface area contributed by atoms with Crippen LogP contribution in [0.3, 0.4) is 0 Å². The maximum absolute atomic E-state index is 10.3. The van der Waals surface area contributed by atoms with Crippen molar-refractivity contribution in [3.63, 3.8) is 0 Å². The summed E-state index contributed by atoms with van der Waals surface area (Å²) in [6, 6.07) is 11.0. The van der Waals surface area contributed by atoms with Crippen molar-refractivity contribution in [2.75, 3.05) is 14.2 Å². The van der Waals surface area contributed by atoms with Gasteiger partial charge in [0.25, 0.3) is 0 Å². The van der Waals surface area contributed by atoms with Crippen LogP contribution >= 0.6 is 0 Å². The lowest BCUT2D eigenvalue weighted by Crippen LogP contribution is -2.05. The van der Waals surface area contributed by atoms with Crippen molar-refractivity contribution < 1.29 is 14.6 Å². The number of methoxy groups -OCH3 is 2. The Morgan fingerprint density at radius 2 is 2.00 bits per heavy atom. The summed E-state index contributed by atoms with van der Waals surface area (Å²) >= 11 is 0. The van der Waals surface area contributed by atoms with E-state index in [1.54, 1.807) is 38.6 Å². The highest BCUT2D eigenvalue weighted by Crippen LogP contribution is 2.30. The van der Waals surface area contributed by atoms with E-state index < -0.39 is 6.10 Å². The average Bonchev–Trinajstić information content (AvgIpc) is 2.47. The molecule has 0 aliphatic carbocycles. The zero-order valence-corrected chi connectivity index (χ0v) is 11.0. The molecule has 19 heavy (non-hydrogen) atoms. The monoisotopic (exact) mass is 259 g/mol. The molecular weight excluding hydrogens is 242 g/mol. The van der Waals surface area contributed by atoms with E-state index in [-0.39, 0.29) is 0 Å². The summed E-state index contributed by atoms with van der Waals surface area (Å²) in [5.41, 5.74) is 1.53. The normalized spacial score (nSPS) is 11.9. The van der Waals surface area contributed by atoms with Gasteiger partial charge in [-0.15, -0.1) is 0 Å². The molecule has 0 spiro atoms. The van der Waals surface area contributed by atoms with Gasteiger partial charge in [-0.25, -0.2) is 0 Å². The lowest BCUT2D eigenvalue weighted by Gasteiger charge is -2.15. The van der Waals surface area contributed by atoms with Crippen molar-refractivity contribution in [1.82, 2.24) is 4.98 Å². The van der Waals surface area contributed by atoms with Crippen LogP contribution in [0.1, 0.15) is 17.4 Å². The van der Waals surface area contributed by atoms with Crippen molar-refractivity contribution in [2.45, 2.75) is 12.5 Å². The first kappa shape index (κ1) is 13.4. The van der Waals surface area contributed by atoms with Crippen molar-refractivity contribution >= 4 is 0 Å². The van der Waals surface area contributed by atoms with Gasteiger partial charge in [-0.2, -0.15) is 0 Å². The molecule has 0 radical (unpaired) electrons. The minimum absolute atomic E-state index is 0.435. The number of hydrogen-bond acceptors (Lipinski definition) is 4. The zero-order chi connectivity index (χ0) is 13.7. The third-order valence-electron chi connectivity index (χ3n) is 2.92. The number of ether oxygens (including phenoxy) is 2. The van der Waals surface area contributed by atoms with Gasteiger partial charge in [0.05, 0.1) is 20.3 Å². The van der Waals surface area contributed by atoms with Gasteiger partial charge in [-0.05, 0) is 30.3 Å². The van der Waals surface area contributed by atoms with Gasteiger partial charge < -0.3 is 14.6 Å². The standard InChI is InChI=1S/C15H17NO3/c1-18-12-6-7-15(19-2)13(10-12)14(17)9-11-5-3-4-8-16-11/h3-8,10,14,17H,9H2,1-2H3. The van der Waals surface area contributed by atoms with E-state index in [1.807, 2.05) is 18.2 Å². The molecular formula is C15H17NO3. The summed E-state index contributed by atoms with van der Waals surface area (Å²) in [4.78, 5) is 4.21. The quantitative estimate of drug-likeness (QED) is 0.895. The second-order valence-electron chi connectivity index (χ2n) is 4.15. The van der Waals surface area contributed by atoms with Crippen LogP contribution in [0.15, 0.2) is 42.6 Å². The van der Waals surface area contributed by atoms with Gasteiger partial charge in [0.15, 0.2) is 0 Å². The molecule has 0 aliphatic heterocycles. The summed E-state index contributed by atoms with van der Waals surface area (Å²) in [7, 11) is 3.18. The average molecular weight is 259 g/mol. The van der Waals surface area contributed by atoms with Crippen molar-refractivity contribution in [3.8, 4) is 11.5 Å². The second-order valence-corrected chi connectivity index (χ2v) is 4.15. The highest BCUT2D eigenvalue weighted by atomic mass is 16.5. The highest BCUT2D eigenvalue weighted by molar-refractivity contribution is 5.42. The minimum atomic E-state index is -0.681. The van der Waals surface area contributed by atoms with Crippen LogP contribution < -0.4 is 9.47 Å². The summed E-state index contributed by atoms with van der Waals surface area (Å²) in [5, 5.41) is 10.3. The predicted molar refractivity (Wildman–Crippen MR) is 72.4 cm³/mol.